The maximum atomic E-state index is 12.5. The first-order chi connectivity index (χ1) is 11.2. The Hall–Kier alpha value is -1.60. The summed E-state index contributed by atoms with van der Waals surface area (Å²) >= 11 is 5.87. The predicted octanol–water partition coefficient (Wildman–Crippen LogP) is 1.55. The van der Waals surface area contributed by atoms with Crippen LogP contribution in [0.5, 0.6) is 0 Å². The third-order valence-electron chi connectivity index (χ3n) is 4.18. The van der Waals surface area contributed by atoms with Crippen molar-refractivity contribution in [2.75, 3.05) is 18.6 Å². The first-order valence-corrected chi connectivity index (χ1v) is 9.86. The van der Waals surface area contributed by atoms with Crippen molar-refractivity contribution in [2.45, 2.75) is 31.8 Å². The zero-order chi connectivity index (χ0) is 17.9. The number of sulfone groups is 1. The van der Waals surface area contributed by atoms with Crippen molar-refractivity contribution < 1.29 is 18.0 Å². The first-order valence-electron chi connectivity index (χ1n) is 7.66. The van der Waals surface area contributed by atoms with Crippen LogP contribution in [0.1, 0.15) is 31.4 Å². The molecule has 24 heavy (non-hydrogen) atoms. The second-order valence-corrected chi connectivity index (χ2v) is 8.74. The van der Waals surface area contributed by atoms with Crippen LogP contribution in [0.3, 0.4) is 0 Å². The summed E-state index contributed by atoms with van der Waals surface area (Å²) in [5, 5.41) is 3.33. The molecule has 0 bridgehead atoms. The molecule has 1 aliphatic heterocycles. The van der Waals surface area contributed by atoms with Gasteiger partial charge in [0.15, 0.2) is 9.84 Å². The summed E-state index contributed by atoms with van der Waals surface area (Å²) in [6, 6.07) is 6.14. The number of rotatable bonds is 5. The molecule has 6 nitrogen and oxygen atoms in total. The molecule has 1 aromatic carbocycles. The second kappa shape index (κ2) is 7.53. The molecule has 8 heteroatoms. The second-order valence-electron chi connectivity index (χ2n) is 6.07. The van der Waals surface area contributed by atoms with Crippen molar-refractivity contribution in [3.63, 3.8) is 0 Å². The Labute approximate surface area is 147 Å². The standard InChI is InChI=1S/C16H21ClN2O4S/c1-11(20)18-15(12-3-5-13(17)6-4-12)9-16(21)19(2)14-7-8-24(22,23)10-14/h3-6,14-15H,7-10H2,1-2H3,(H,18,20)/t14-,15+/m1/s1. The number of hydrogen-bond donors (Lipinski definition) is 1. The van der Waals surface area contributed by atoms with Crippen LogP contribution in [0.25, 0.3) is 0 Å². The van der Waals surface area contributed by atoms with E-state index in [9.17, 15) is 18.0 Å². The first kappa shape index (κ1) is 18.7. The van der Waals surface area contributed by atoms with E-state index in [1.54, 1.807) is 31.3 Å². The lowest BCUT2D eigenvalue weighted by Crippen LogP contribution is -2.40. The number of carbonyl (C=O) groups excluding carboxylic acids is 2. The topological polar surface area (TPSA) is 83.6 Å². The lowest BCUT2D eigenvalue weighted by atomic mass is 10.0. The zero-order valence-corrected chi connectivity index (χ0v) is 15.2. The van der Waals surface area contributed by atoms with Gasteiger partial charge < -0.3 is 10.2 Å². The molecule has 1 saturated heterocycles. The van der Waals surface area contributed by atoms with E-state index in [2.05, 4.69) is 5.32 Å². The Kier molecular flexibility index (Phi) is 5.87. The summed E-state index contributed by atoms with van der Waals surface area (Å²) in [6.45, 7) is 1.39. The molecule has 1 N–H and O–H groups in total. The molecule has 2 amide bonds. The van der Waals surface area contributed by atoms with Crippen LogP contribution in [0.2, 0.25) is 5.02 Å². The van der Waals surface area contributed by atoms with Gasteiger partial charge in [0, 0.05) is 25.0 Å². The Balaban J connectivity index is 2.09. The van der Waals surface area contributed by atoms with Gasteiger partial charge in [0.25, 0.3) is 0 Å². The average molecular weight is 373 g/mol. The van der Waals surface area contributed by atoms with E-state index in [0.717, 1.165) is 5.56 Å². The molecule has 2 rings (SSSR count). The van der Waals surface area contributed by atoms with Crippen LogP contribution < -0.4 is 5.32 Å². The van der Waals surface area contributed by atoms with E-state index >= 15 is 0 Å². The van der Waals surface area contributed by atoms with E-state index in [0.29, 0.717) is 11.4 Å². The van der Waals surface area contributed by atoms with Crippen molar-refractivity contribution in [1.82, 2.24) is 10.2 Å². The quantitative estimate of drug-likeness (QED) is 0.850. The van der Waals surface area contributed by atoms with Gasteiger partial charge in [-0.3, -0.25) is 9.59 Å². The summed E-state index contributed by atoms with van der Waals surface area (Å²) in [5.41, 5.74) is 0.774. The summed E-state index contributed by atoms with van der Waals surface area (Å²) in [7, 11) is -1.45. The van der Waals surface area contributed by atoms with Crippen molar-refractivity contribution in [3.8, 4) is 0 Å². The molecule has 2 atom stereocenters. The molecule has 0 radical (unpaired) electrons. The van der Waals surface area contributed by atoms with Crippen molar-refractivity contribution in [3.05, 3.63) is 34.9 Å². The maximum absolute atomic E-state index is 12.5. The monoisotopic (exact) mass is 372 g/mol. The van der Waals surface area contributed by atoms with Crippen molar-refractivity contribution in [2.24, 2.45) is 0 Å². The van der Waals surface area contributed by atoms with Gasteiger partial charge in [-0.2, -0.15) is 0 Å². The minimum Gasteiger partial charge on any atom is -0.349 e. The molecule has 1 heterocycles. The van der Waals surface area contributed by atoms with E-state index in [1.165, 1.54) is 11.8 Å². The highest BCUT2D eigenvalue weighted by Gasteiger charge is 2.33. The number of benzene rings is 1. The number of hydrogen-bond acceptors (Lipinski definition) is 4. The van der Waals surface area contributed by atoms with Crippen LogP contribution in [-0.2, 0) is 19.4 Å². The van der Waals surface area contributed by atoms with Crippen LogP contribution >= 0.6 is 11.6 Å². The van der Waals surface area contributed by atoms with E-state index < -0.39 is 15.9 Å². The van der Waals surface area contributed by atoms with Crippen molar-refractivity contribution in [1.29, 1.82) is 0 Å². The Morgan fingerprint density at radius 1 is 1.33 bits per heavy atom. The Morgan fingerprint density at radius 2 is 1.96 bits per heavy atom. The molecule has 0 spiro atoms. The molecule has 1 aliphatic rings. The number of nitrogens with zero attached hydrogens (tertiary/aromatic N) is 1. The highest BCUT2D eigenvalue weighted by Crippen LogP contribution is 2.23. The van der Waals surface area contributed by atoms with E-state index in [1.807, 2.05) is 0 Å². The molecular formula is C16H21ClN2O4S. The zero-order valence-electron chi connectivity index (χ0n) is 13.7. The smallest absolute Gasteiger partial charge is 0.225 e. The molecule has 1 fully saturated rings. The fraction of sp³-hybridized carbons (Fsp3) is 0.500. The molecule has 0 aliphatic carbocycles. The highest BCUT2D eigenvalue weighted by atomic mass is 35.5. The Bertz CT molecular complexity index is 718. The number of amides is 2. The SMILES string of the molecule is CC(=O)N[C@@H](CC(=O)N(C)[C@@H]1CCS(=O)(=O)C1)c1ccc(Cl)cc1. The summed E-state index contributed by atoms with van der Waals surface area (Å²) in [6.07, 6.45) is 0.518. The molecule has 0 unspecified atom stereocenters. The fourth-order valence-corrected chi connectivity index (χ4v) is 4.70. The summed E-state index contributed by atoms with van der Waals surface area (Å²) in [4.78, 5) is 25.5. The third kappa shape index (κ3) is 4.95. The lowest BCUT2D eigenvalue weighted by Gasteiger charge is -2.26. The van der Waals surface area contributed by atoms with Gasteiger partial charge >= 0.3 is 0 Å². The number of nitrogens with one attached hydrogen (secondary N) is 1. The van der Waals surface area contributed by atoms with Crippen LogP contribution in [0.4, 0.5) is 0 Å². The summed E-state index contributed by atoms with van der Waals surface area (Å²) < 4.78 is 23.2. The predicted molar refractivity (Wildman–Crippen MR) is 92.5 cm³/mol. The van der Waals surface area contributed by atoms with Gasteiger partial charge in [-0.05, 0) is 24.1 Å². The summed E-state index contributed by atoms with van der Waals surface area (Å²) in [5.74, 6) is -0.331. The van der Waals surface area contributed by atoms with E-state index in [-0.39, 0.29) is 35.8 Å². The largest absolute Gasteiger partial charge is 0.349 e. The number of carbonyl (C=O) groups is 2. The molecule has 0 saturated carbocycles. The van der Waals surface area contributed by atoms with Crippen molar-refractivity contribution >= 4 is 33.3 Å². The Morgan fingerprint density at radius 3 is 2.46 bits per heavy atom. The fourth-order valence-electron chi connectivity index (χ4n) is 2.80. The number of halogens is 1. The van der Waals surface area contributed by atoms with Gasteiger partial charge in [-0.1, -0.05) is 23.7 Å². The van der Waals surface area contributed by atoms with Crippen LogP contribution in [0, 0.1) is 0 Å². The van der Waals surface area contributed by atoms with Gasteiger partial charge in [0.2, 0.25) is 11.8 Å². The van der Waals surface area contributed by atoms with Gasteiger partial charge in [-0.15, -0.1) is 0 Å². The highest BCUT2D eigenvalue weighted by molar-refractivity contribution is 7.91. The average Bonchev–Trinajstić information content (AvgIpc) is 2.86. The normalized spacial score (nSPS) is 20.4. The molecule has 1 aromatic rings. The van der Waals surface area contributed by atoms with Crippen LogP contribution in [-0.4, -0.2) is 49.7 Å². The maximum Gasteiger partial charge on any atom is 0.225 e. The molecule has 132 valence electrons. The van der Waals surface area contributed by atoms with Gasteiger partial charge in [-0.25, -0.2) is 8.42 Å². The van der Waals surface area contributed by atoms with E-state index in [4.69, 9.17) is 11.6 Å². The minimum atomic E-state index is -3.06. The van der Waals surface area contributed by atoms with Gasteiger partial charge in [0.1, 0.15) is 0 Å². The molecule has 0 aromatic heterocycles. The van der Waals surface area contributed by atoms with Crippen LogP contribution in [0.15, 0.2) is 24.3 Å². The minimum absolute atomic E-state index is 0.000981. The van der Waals surface area contributed by atoms with Gasteiger partial charge in [0.05, 0.1) is 24.0 Å². The lowest BCUT2D eigenvalue weighted by molar-refractivity contribution is -0.132. The third-order valence-corrected chi connectivity index (χ3v) is 6.18. The molecular weight excluding hydrogens is 352 g/mol.